The molecule has 2 rings (SSSR count). The summed E-state index contributed by atoms with van der Waals surface area (Å²) in [5.74, 6) is -0.128. The van der Waals surface area contributed by atoms with E-state index in [-0.39, 0.29) is 57.8 Å². The minimum absolute atomic E-state index is 0.00978. The fourth-order valence-corrected chi connectivity index (χ4v) is 11.7. The van der Waals surface area contributed by atoms with Crippen molar-refractivity contribution in [2.45, 2.75) is 143 Å². The molecule has 40 heavy (non-hydrogen) atoms. The molecule has 5 nitrogen and oxygen atoms in total. The van der Waals surface area contributed by atoms with Gasteiger partial charge in [-0.1, -0.05) is 80.9 Å². The summed E-state index contributed by atoms with van der Waals surface area (Å²) in [6, 6.07) is 3.33. The van der Waals surface area contributed by atoms with Crippen LogP contribution in [0.1, 0.15) is 76.2 Å². The zero-order chi connectivity index (χ0) is 31.1. The Kier molecular flexibility index (Phi) is 11.5. The maximum absolute atomic E-state index is 13.8. The predicted molar refractivity (Wildman–Crippen MR) is 176 cm³/mol. The van der Waals surface area contributed by atoms with E-state index in [0.29, 0.717) is 6.61 Å². The molecule has 0 bridgehead atoms. The summed E-state index contributed by atoms with van der Waals surface area (Å²) >= 11 is 0. The van der Waals surface area contributed by atoms with Crippen LogP contribution in [0.2, 0.25) is 54.4 Å². The summed E-state index contributed by atoms with van der Waals surface area (Å²) in [5, 5.41) is 0.174. The van der Waals surface area contributed by atoms with E-state index in [4.69, 9.17) is 18.0 Å². The summed E-state index contributed by atoms with van der Waals surface area (Å²) in [5.41, 5.74) is 1.24. The van der Waals surface area contributed by atoms with Gasteiger partial charge in [0.1, 0.15) is 0 Å². The van der Waals surface area contributed by atoms with Crippen LogP contribution in [0.3, 0.4) is 0 Å². The van der Waals surface area contributed by atoms with Crippen LogP contribution >= 0.6 is 0 Å². The molecule has 0 aromatic heterocycles. The molecule has 1 fully saturated rings. The van der Waals surface area contributed by atoms with Crippen molar-refractivity contribution in [3.05, 3.63) is 11.6 Å². The highest BCUT2D eigenvalue weighted by atomic mass is 28.4. The van der Waals surface area contributed by atoms with Crippen LogP contribution in [0, 0.1) is 29.6 Å². The second kappa shape index (κ2) is 12.8. The van der Waals surface area contributed by atoms with Gasteiger partial charge in [0.15, 0.2) is 25.0 Å². The van der Waals surface area contributed by atoms with Gasteiger partial charge in [-0.25, -0.2) is 0 Å². The molecule has 0 amide bonds. The lowest BCUT2D eigenvalue weighted by Crippen LogP contribution is -2.51. The third-order valence-electron chi connectivity index (χ3n) is 11.6. The van der Waals surface area contributed by atoms with Gasteiger partial charge in [-0.15, -0.1) is 0 Å². The Hall–Kier alpha value is -0.259. The Labute approximate surface area is 250 Å². The third kappa shape index (κ3) is 7.09. The average molecular weight is 613 g/mol. The molecule has 0 aromatic carbocycles. The molecule has 0 aliphatic heterocycles. The van der Waals surface area contributed by atoms with Gasteiger partial charge in [-0.2, -0.15) is 0 Å². The maximum atomic E-state index is 13.8. The van der Waals surface area contributed by atoms with Crippen LogP contribution in [-0.2, 0) is 22.8 Å². The second-order valence-electron chi connectivity index (χ2n) is 15.8. The number of fused-ring (bicyclic) bond motifs is 1. The van der Waals surface area contributed by atoms with Crippen LogP contribution in [0.5, 0.6) is 0 Å². The lowest BCUT2D eigenvalue weighted by atomic mass is 9.68. The highest BCUT2D eigenvalue weighted by Crippen LogP contribution is 2.55. The summed E-state index contributed by atoms with van der Waals surface area (Å²) in [7, 11) is -4.49. The average Bonchev–Trinajstić information content (AvgIpc) is 3.08. The number of ether oxygens (including phenoxy) is 1. The van der Waals surface area contributed by atoms with Crippen molar-refractivity contribution >= 4 is 30.9 Å². The molecule has 0 aromatic rings. The minimum Gasteiger partial charge on any atom is -0.469 e. The van der Waals surface area contributed by atoms with Crippen LogP contribution < -0.4 is 0 Å². The van der Waals surface area contributed by atoms with Crippen molar-refractivity contribution in [2.24, 2.45) is 29.6 Å². The van der Waals surface area contributed by atoms with Gasteiger partial charge in [0.2, 0.25) is 0 Å². The van der Waals surface area contributed by atoms with Gasteiger partial charge in [0.05, 0.1) is 25.2 Å². The number of hydrogen-bond donors (Lipinski definition) is 0. The second-order valence-corrected chi connectivity index (χ2v) is 30.1. The fourth-order valence-electron chi connectivity index (χ4n) is 6.34. The summed E-state index contributed by atoms with van der Waals surface area (Å²) in [6.07, 6.45) is 2.44. The minimum atomic E-state index is -2.13. The van der Waals surface area contributed by atoms with Gasteiger partial charge >= 0.3 is 5.97 Å². The molecule has 2 aliphatic rings. The zero-order valence-electron chi connectivity index (χ0n) is 29.0. The highest BCUT2D eigenvalue weighted by molar-refractivity contribution is 6.74. The Morgan fingerprint density at radius 2 is 1.35 bits per heavy atom. The van der Waals surface area contributed by atoms with E-state index in [2.05, 4.69) is 108 Å². The van der Waals surface area contributed by atoms with Crippen molar-refractivity contribution in [1.29, 1.82) is 0 Å². The standard InChI is InChI=1S/C32H64O5Si3/c1-17-40(18-2,19-3)37-28-23(5)29(36-39(15,16)32(9,10)11)26-24(28)20-22(4)25(27(26)30(33)34-12)21-35-38(13,14)31(6,7)8/h20,23-29H,17-19,21H2,1-16H3/t23-,24-,25+,26+,27+,28+,29+/m0/s1. The van der Waals surface area contributed by atoms with Gasteiger partial charge in [-0.05, 0) is 61.3 Å². The van der Waals surface area contributed by atoms with E-state index in [1.807, 2.05) is 0 Å². The molecule has 0 heterocycles. The van der Waals surface area contributed by atoms with Crippen LogP contribution in [0.15, 0.2) is 11.6 Å². The van der Waals surface area contributed by atoms with E-state index in [1.165, 1.54) is 12.7 Å². The summed E-state index contributed by atoms with van der Waals surface area (Å²) in [4.78, 5) is 13.8. The zero-order valence-corrected chi connectivity index (χ0v) is 32.0. The smallest absolute Gasteiger partial charge is 0.309 e. The number of esters is 1. The molecule has 2 aliphatic carbocycles. The molecule has 1 saturated carbocycles. The SMILES string of the molecule is CC[Si](CC)(CC)O[C@@H]1[C@H](C)[C@@H](O[Si](C)(C)C(C)(C)C)[C@@H]2[C@@H]1C=C(C)[C@@H](CO[Si](C)(C)C(C)(C)C)[C@H]2C(=O)OC. The highest BCUT2D eigenvalue weighted by Gasteiger charge is 2.60. The molecule has 234 valence electrons. The van der Waals surface area contributed by atoms with E-state index in [1.54, 1.807) is 0 Å². The first kappa shape index (κ1) is 35.9. The monoisotopic (exact) mass is 612 g/mol. The van der Waals surface area contributed by atoms with Gasteiger partial charge in [-0.3, -0.25) is 4.79 Å². The Morgan fingerprint density at radius 3 is 1.77 bits per heavy atom. The number of carbonyl (C=O) groups is 1. The number of carbonyl (C=O) groups excluding carboxylic acids is 1. The first-order valence-corrected chi connectivity index (χ1v) is 24.2. The molecule has 0 spiro atoms. The normalized spacial score (nSPS) is 30.2. The van der Waals surface area contributed by atoms with E-state index in [0.717, 1.165) is 18.1 Å². The molecule has 0 N–H and O–H groups in total. The molecular weight excluding hydrogens is 549 g/mol. The quantitative estimate of drug-likeness (QED) is 0.132. The van der Waals surface area contributed by atoms with Crippen LogP contribution in [0.4, 0.5) is 0 Å². The largest absolute Gasteiger partial charge is 0.469 e. The lowest BCUT2D eigenvalue weighted by Gasteiger charge is -2.45. The van der Waals surface area contributed by atoms with Gasteiger partial charge in [0, 0.05) is 30.3 Å². The number of methoxy groups -OCH3 is 1. The van der Waals surface area contributed by atoms with Crippen molar-refractivity contribution < 1.29 is 22.8 Å². The third-order valence-corrected chi connectivity index (χ3v) is 25.2. The Morgan fingerprint density at radius 1 is 0.850 bits per heavy atom. The number of hydrogen-bond acceptors (Lipinski definition) is 5. The summed E-state index contributed by atoms with van der Waals surface area (Å²) in [6.45, 7) is 34.9. The fraction of sp³-hybridized carbons (Fsp3) is 0.906. The molecule has 8 heteroatoms. The molecule has 0 unspecified atom stereocenters. The van der Waals surface area contributed by atoms with Crippen molar-refractivity contribution in [3.63, 3.8) is 0 Å². The topological polar surface area (TPSA) is 54.0 Å². The Bertz CT molecular complexity index is 889. The van der Waals surface area contributed by atoms with E-state index < -0.39 is 25.0 Å². The van der Waals surface area contributed by atoms with E-state index >= 15 is 0 Å². The van der Waals surface area contributed by atoms with Crippen LogP contribution in [-0.4, -0.2) is 56.8 Å². The summed E-state index contributed by atoms with van der Waals surface area (Å²) < 4.78 is 27.0. The van der Waals surface area contributed by atoms with Crippen molar-refractivity contribution in [1.82, 2.24) is 0 Å². The van der Waals surface area contributed by atoms with Crippen LogP contribution in [0.25, 0.3) is 0 Å². The first-order chi connectivity index (χ1) is 18.1. The van der Waals surface area contributed by atoms with Gasteiger partial charge in [0.25, 0.3) is 0 Å². The number of rotatable bonds is 11. The van der Waals surface area contributed by atoms with Crippen molar-refractivity contribution in [3.8, 4) is 0 Å². The van der Waals surface area contributed by atoms with Gasteiger partial charge < -0.3 is 18.0 Å². The maximum Gasteiger partial charge on any atom is 0.309 e. The molecule has 0 radical (unpaired) electrons. The predicted octanol–water partition coefficient (Wildman–Crippen LogP) is 9.04. The first-order valence-electron chi connectivity index (χ1n) is 15.9. The lowest BCUT2D eigenvalue weighted by molar-refractivity contribution is -0.152. The molecule has 7 atom stereocenters. The van der Waals surface area contributed by atoms with Crippen molar-refractivity contribution in [2.75, 3.05) is 13.7 Å². The molecular formula is C32H64O5Si3. The Balaban J connectivity index is 2.67. The van der Waals surface area contributed by atoms with E-state index in [9.17, 15) is 4.79 Å². The molecule has 0 saturated heterocycles.